The average Bonchev–Trinajstić information content (AvgIpc) is 3.07. The number of likely N-dealkylation sites (tertiary alicyclic amines) is 1. The van der Waals surface area contributed by atoms with Gasteiger partial charge < -0.3 is 4.90 Å². The minimum absolute atomic E-state index is 0.102. The zero-order valence-corrected chi connectivity index (χ0v) is 21.8. The maximum absolute atomic E-state index is 13.4. The molecule has 0 aromatic heterocycles. The molecular formula is C27H35N3O4S. The van der Waals surface area contributed by atoms with Crippen molar-refractivity contribution in [3.63, 3.8) is 0 Å². The van der Waals surface area contributed by atoms with Crippen molar-refractivity contribution >= 4 is 33.2 Å². The highest BCUT2D eigenvalue weighted by Crippen LogP contribution is 2.38. The van der Waals surface area contributed by atoms with Crippen LogP contribution in [0.25, 0.3) is 0 Å². The summed E-state index contributed by atoms with van der Waals surface area (Å²) in [6.45, 7) is 9.65. The third-order valence-corrected chi connectivity index (χ3v) is 8.91. The first-order chi connectivity index (χ1) is 16.7. The molecule has 2 aliphatic rings. The Labute approximate surface area is 208 Å². The average molecular weight is 498 g/mol. The van der Waals surface area contributed by atoms with E-state index >= 15 is 0 Å². The topological polar surface area (TPSA) is 86.8 Å². The highest BCUT2D eigenvalue weighted by Gasteiger charge is 2.47. The molecule has 188 valence electrons. The van der Waals surface area contributed by atoms with Crippen molar-refractivity contribution in [2.75, 3.05) is 22.7 Å². The molecule has 1 aliphatic heterocycles. The van der Waals surface area contributed by atoms with Gasteiger partial charge in [-0.25, -0.2) is 8.42 Å². The second kappa shape index (κ2) is 10.0. The molecule has 1 saturated heterocycles. The summed E-state index contributed by atoms with van der Waals surface area (Å²) in [7, 11) is -3.87. The molecule has 4 rings (SSSR count). The number of sulfonamides is 1. The smallest absolute Gasteiger partial charge is 0.262 e. The number of amides is 2. The normalized spacial score (nSPS) is 20.2. The molecule has 2 aromatic rings. The molecule has 2 fully saturated rings. The summed E-state index contributed by atoms with van der Waals surface area (Å²) in [5.74, 6) is -0.666. The molecule has 0 unspecified atom stereocenters. The first-order valence-electron chi connectivity index (χ1n) is 12.5. The number of nitrogens with zero attached hydrogens (tertiary/aromatic N) is 2. The van der Waals surface area contributed by atoms with E-state index in [1.807, 2.05) is 19.1 Å². The van der Waals surface area contributed by atoms with Crippen LogP contribution in [0.5, 0.6) is 0 Å². The predicted octanol–water partition coefficient (Wildman–Crippen LogP) is 4.63. The molecule has 35 heavy (non-hydrogen) atoms. The van der Waals surface area contributed by atoms with Crippen molar-refractivity contribution in [1.29, 1.82) is 0 Å². The van der Waals surface area contributed by atoms with Gasteiger partial charge in [0, 0.05) is 18.8 Å². The Bertz CT molecular complexity index is 1210. The molecule has 8 heteroatoms. The fourth-order valence-corrected chi connectivity index (χ4v) is 6.78. The molecule has 0 radical (unpaired) electrons. The third kappa shape index (κ3) is 4.94. The summed E-state index contributed by atoms with van der Waals surface area (Å²) in [5.41, 5.74) is 3.65. The molecule has 1 heterocycles. The van der Waals surface area contributed by atoms with Gasteiger partial charge in [0.25, 0.3) is 10.0 Å². The van der Waals surface area contributed by atoms with Crippen LogP contribution in [0.1, 0.15) is 56.2 Å². The van der Waals surface area contributed by atoms with Gasteiger partial charge in [-0.3, -0.25) is 19.2 Å². The number of carbonyl (C=O) groups is 2. The van der Waals surface area contributed by atoms with E-state index in [0.29, 0.717) is 16.8 Å². The molecule has 2 atom stereocenters. The van der Waals surface area contributed by atoms with Crippen LogP contribution in [-0.2, 0) is 26.2 Å². The van der Waals surface area contributed by atoms with Gasteiger partial charge in [0.15, 0.2) is 0 Å². The number of nitrogens with one attached hydrogen (secondary N) is 1. The van der Waals surface area contributed by atoms with Gasteiger partial charge in [-0.2, -0.15) is 0 Å². The maximum atomic E-state index is 13.4. The summed E-state index contributed by atoms with van der Waals surface area (Å²) >= 11 is 0. The van der Waals surface area contributed by atoms with Crippen LogP contribution in [0.2, 0.25) is 0 Å². The quantitative estimate of drug-likeness (QED) is 0.538. The number of benzene rings is 2. The van der Waals surface area contributed by atoms with Gasteiger partial charge in [0.2, 0.25) is 11.8 Å². The second-order valence-corrected chi connectivity index (χ2v) is 11.3. The first-order valence-corrected chi connectivity index (χ1v) is 14.0. The zero-order valence-electron chi connectivity index (χ0n) is 21.0. The first kappa shape index (κ1) is 25.2. The van der Waals surface area contributed by atoms with Crippen LogP contribution < -0.4 is 9.62 Å². The van der Waals surface area contributed by atoms with Crippen LogP contribution in [-0.4, -0.2) is 38.2 Å². The van der Waals surface area contributed by atoms with Crippen LogP contribution in [0.15, 0.2) is 41.3 Å². The summed E-state index contributed by atoms with van der Waals surface area (Å²) < 4.78 is 29.5. The van der Waals surface area contributed by atoms with E-state index in [1.54, 1.807) is 31.2 Å². The van der Waals surface area contributed by atoms with Crippen molar-refractivity contribution in [2.24, 2.45) is 11.8 Å². The molecule has 1 aliphatic carbocycles. The Morgan fingerprint density at radius 2 is 1.54 bits per heavy atom. The lowest BCUT2D eigenvalue weighted by Crippen LogP contribution is -2.30. The largest absolute Gasteiger partial charge is 0.372 e. The van der Waals surface area contributed by atoms with E-state index in [9.17, 15) is 18.0 Å². The Morgan fingerprint density at radius 3 is 2.11 bits per heavy atom. The fourth-order valence-electron chi connectivity index (χ4n) is 5.35. The highest BCUT2D eigenvalue weighted by molar-refractivity contribution is 7.92. The molecule has 1 N–H and O–H groups in total. The number of rotatable bonds is 8. The van der Waals surface area contributed by atoms with Crippen molar-refractivity contribution in [2.45, 2.75) is 64.8 Å². The minimum atomic E-state index is -3.87. The maximum Gasteiger partial charge on any atom is 0.262 e. The summed E-state index contributed by atoms with van der Waals surface area (Å²) in [6.07, 6.45) is 3.47. The number of hydrogen-bond donors (Lipinski definition) is 1. The molecule has 2 aromatic carbocycles. The third-order valence-electron chi connectivity index (χ3n) is 7.40. The lowest BCUT2D eigenvalue weighted by Gasteiger charge is -2.22. The Kier molecular flexibility index (Phi) is 7.22. The van der Waals surface area contributed by atoms with Gasteiger partial charge in [0.05, 0.1) is 29.0 Å². The SMILES string of the molecule is CCN(CC)c1ccc(NS(=O)(=O)c2cc(CN3C(=O)[C@H]4CCCC[C@@H]4C3=O)ccc2C)c(C)c1. The van der Waals surface area contributed by atoms with E-state index in [-0.39, 0.29) is 35.1 Å². The van der Waals surface area contributed by atoms with E-state index in [4.69, 9.17) is 0 Å². The van der Waals surface area contributed by atoms with Crippen molar-refractivity contribution < 1.29 is 18.0 Å². The van der Waals surface area contributed by atoms with Crippen molar-refractivity contribution in [3.05, 3.63) is 53.1 Å². The number of imide groups is 1. The van der Waals surface area contributed by atoms with Gasteiger partial charge in [0.1, 0.15) is 0 Å². The fraction of sp³-hybridized carbons (Fsp3) is 0.481. The Morgan fingerprint density at radius 1 is 0.914 bits per heavy atom. The highest BCUT2D eigenvalue weighted by atomic mass is 32.2. The number of hydrogen-bond acceptors (Lipinski definition) is 5. The van der Waals surface area contributed by atoms with Crippen LogP contribution >= 0.6 is 0 Å². The van der Waals surface area contributed by atoms with Crippen molar-refractivity contribution in [1.82, 2.24) is 4.90 Å². The zero-order chi connectivity index (χ0) is 25.3. The van der Waals surface area contributed by atoms with E-state index < -0.39 is 10.0 Å². The summed E-state index contributed by atoms with van der Waals surface area (Å²) in [5, 5.41) is 0. The van der Waals surface area contributed by atoms with E-state index in [1.165, 1.54) is 4.90 Å². The van der Waals surface area contributed by atoms with E-state index in [0.717, 1.165) is 50.0 Å². The number of aryl methyl sites for hydroxylation is 2. The standard InChI is InChI=1S/C27H35N3O4S/c1-5-29(6-2)21-13-14-24(19(4)15-21)28-35(33,34)25-16-20(12-11-18(25)3)17-30-26(31)22-9-7-8-10-23(22)27(30)32/h11-16,22-23,28H,5-10,17H2,1-4H3/t22-,23-/m0/s1. The van der Waals surface area contributed by atoms with Gasteiger partial charge in [-0.05, 0) is 81.5 Å². The van der Waals surface area contributed by atoms with Crippen LogP contribution in [0, 0.1) is 25.7 Å². The molecule has 7 nitrogen and oxygen atoms in total. The second-order valence-electron chi connectivity index (χ2n) is 9.64. The molecule has 2 amide bonds. The lowest BCUT2D eigenvalue weighted by molar-refractivity contribution is -0.140. The van der Waals surface area contributed by atoms with Gasteiger partial charge in [-0.1, -0.05) is 25.0 Å². The molecular weight excluding hydrogens is 462 g/mol. The monoisotopic (exact) mass is 497 g/mol. The van der Waals surface area contributed by atoms with Gasteiger partial charge >= 0.3 is 0 Å². The van der Waals surface area contributed by atoms with Crippen LogP contribution in [0.3, 0.4) is 0 Å². The van der Waals surface area contributed by atoms with Crippen molar-refractivity contribution in [3.8, 4) is 0 Å². The predicted molar refractivity (Wildman–Crippen MR) is 138 cm³/mol. The van der Waals surface area contributed by atoms with Gasteiger partial charge in [-0.15, -0.1) is 0 Å². The lowest BCUT2D eigenvalue weighted by atomic mass is 9.81. The molecule has 0 spiro atoms. The summed E-state index contributed by atoms with van der Waals surface area (Å²) in [6, 6.07) is 10.8. The summed E-state index contributed by atoms with van der Waals surface area (Å²) in [4.78, 5) is 29.4. The Balaban J connectivity index is 1.56. The Hall–Kier alpha value is -2.87. The number of carbonyl (C=O) groups excluding carboxylic acids is 2. The van der Waals surface area contributed by atoms with Crippen LogP contribution in [0.4, 0.5) is 11.4 Å². The molecule has 0 bridgehead atoms. The molecule has 1 saturated carbocycles. The number of anilines is 2. The number of fused-ring (bicyclic) bond motifs is 1. The van der Waals surface area contributed by atoms with E-state index in [2.05, 4.69) is 23.5 Å². The minimum Gasteiger partial charge on any atom is -0.372 e.